The van der Waals surface area contributed by atoms with Gasteiger partial charge in [0.1, 0.15) is 6.04 Å². The molecule has 0 radical (unpaired) electrons. The summed E-state index contributed by atoms with van der Waals surface area (Å²) in [7, 11) is 3.38. The van der Waals surface area contributed by atoms with Crippen LogP contribution in [0.3, 0.4) is 0 Å². The Morgan fingerprint density at radius 2 is 1.77 bits per heavy atom. The number of rotatable bonds is 3. The minimum absolute atomic E-state index is 0.0208. The summed E-state index contributed by atoms with van der Waals surface area (Å²) in [6.45, 7) is 3.55. The molecule has 0 bridgehead atoms. The molecule has 0 unspecified atom stereocenters. The number of carbonyl (C=O) groups is 2. The van der Waals surface area contributed by atoms with E-state index in [1.807, 2.05) is 0 Å². The summed E-state index contributed by atoms with van der Waals surface area (Å²) < 4.78 is 0. The molecule has 0 rings (SSSR count). The monoisotopic (exact) mass is 190 g/mol. The first kappa shape index (κ1) is 14.4. The van der Waals surface area contributed by atoms with Crippen LogP contribution in [-0.4, -0.2) is 42.5 Å². The van der Waals surface area contributed by atoms with Crippen molar-refractivity contribution in [2.45, 2.75) is 19.9 Å². The van der Waals surface area contributed by atoms with Crippen LogP contribution in [0.25, 0.3) is 0 Å². The van der Waals surface area contributed by atoms with E-state index in [1.54, 1.807) is 27.9 Å². The highest BCUT2D eigenvalue weighted by Gasteiger charge is 2.14. The van der Waals surface area contributed by atoms with Crippen molar-refractivity contribution in [2.24, 2.45) is 11.7 Å². The molecule has 1 atom stereocenters. The standard InChI is InChI=1S/C5H11NO2.C3H7NO/c1-3(2)4(6)5(7)8;1-4(2)3-5/h3-4H,6H2,1-2H3,(H,7,8);3H,1-2H3/t4-;/m0./s1. The lowest BCUT2D eigenvalue weighted by molar-refractivity contribution is -0.139. The van der Waals surface area contributed by atoms with E-state index in [-0.39, 0.29) is 5.92 Å². The van der Waals surface area contributed by atoms with Gasteiger partial charge in [0.2, 0.25) is 6.41 Å². The van der Waals surface area contributed by atoms with Gasteiger partial charge < -0.3 is 15.7 Å². The molecule has 0 fully saturated rings. The van der Waals surface area contributed by atoms with Crippen molar-refractivity contribution in [3.8, 4) is 0 Å². The third-order valence-corrected chi connectivity index (χ3v) is 1.21. The third kappa shape index (κ3) is 10.9. The lowest BCUT2D eigenvalue weighted by Crippen LogP contribution is -2.34. The smallest absolute Gasteiger partial charge is 0.320 e. The van der Waals surface area contributed by atoms with Gasteiger partial charge in [-0.15, -0.1) is 0 Å². The highest BCUT2D eigenvalue weighted by atomic mass is 16.4. The van der Waals surface area contributed by atoms with Gasteiger partial charge in [0, 0.05) is 14.1 Å². The van der Waals surface area contributed by atoms with Crippen molar-refractivity contribution < 1.29 is 14.7 Å². The zero-order chi connectivity index (χ0) is 11.0. The lowest BCUT2D eigenvalue weighted by Gasteiger charge is -2.07. The van der Waals surface area contributed by atoms with Crippen LogP contribution in [-0.2, 0) is 9.59 Å². The summed E-state index contributed by atoms with van der Waals surface area (Å²) >= 11 is 0. The summed E-state index contributed by atoms with van der Waals surface area (Å²) in [5.74, 6) is -0.910. The van der Waals surface area contributed by atoms with Crippen LogP contribution in [0.5, 0.6) is 0 Å². The van der Waals surface area contributed by atoms with Crippen molar-refractivity contribution >= 4 is 12.4 Å². The second kappa shape index (κ2) is 7.54. The van der Waals surface area contributed by atoms with Gasteiger partial charge in [-0.1, -0.05) is 13.8 Å². The zero-order valence-corrected chi connectivity index (χ0v) is 8.52. The lowest BCUT2D eigenvalue weighted by atomic mass is 10.1. The number of carbonyl (C=O) groups excluding carboxylic acids is 1. The molecule has 0 aromatic heterocycles. The Hall–Kier alpha value is -1.10. The van der Waals surface area contributed by atoms with E-state index in [0.717, 1.165) is 6.41 Å². The fraction of sp³-hybridized carbons (Fsp3) is 0.750. The topological polar surface area (TPSA) is 83.6 Å². The molecular weight excluding hydrogens is 172 g/mol. The van der Waals surface area contributed by atoms with Gasteiger partial charge in [-0.05, 0) is 5.92 Å². The van der Waals surface area contributed by atoms with Crippen molar-refractivity contribution in [1.82, 2.24) is 4.90 Å². The first-order valence-electron chi connectivity index (χ1n) is 3.93. The normalized spacial score (nSPS) is 11.2. The van der Waals surface area contributed by atoms with E-state index < -0.39 is 12.0 Å². The Bertz CT molecular complexity index is 157. The Labute approximate surface area is 78.5 Å². The van der Waals surface area contributed by atoms with Crippen LogP contribution in [0, 0.1) is 5.92 Å². The molecule has 13 heavy (non-hydrogen) atoms. The molecule has 78 valence electrons. The molecular formula is C8H18N2O3. The van der Waals surface area contributed by atoms with Crippen molar-refractivity contribution in [1.29, 1.82) is 0 Å². The fourth-order valence-electron chi connectivity index (χ4n) is 0.285. The van der Waals surface area contributed by atoms with E-state index >= 15 is 0 Å². The molecule has 0 aliphatic heterocycles. The number of carboxylic acid groups (broad SMARTS) is 1. The van der Waals surface area contributed by atoms with Gasteiger partial charge in [0.05, 0.1) is 0 Å². The van der Waals surface area contributed by atoms with E-state index in [1.165, 1.54) is 4.90 Å². The zero-order valence-electron chi connectivity index (χ0n) is 8.52. The Morgan fingerprint density at radius 3 is 1.77 bits per heavy atom. The fourth-order valence-corrected chi connectivity index (χ4v) is 0.285. The first-order chi connectivity index (χ1) is 5.82. The number of carboxylic acids is 1. The van der Waals surface area contributed by atoms with Crippen LogP contribution < -0.4 is 5.73 Å². The molecule has 0 aromatic carbocycles. The molecule has 5 nitrogen and oxygen atoms in total. The second-order valence-corrected chi connectivity index (χ2v) is 3.18. The van der Waals surface area contributed by atoms with E-state index in [4.69, 9.17) is 10.8 Å². The maximum absolute atomic E-state index is 10.0. The highest BCUT2D eigenvalue weighted by Crippen LogP contribution is 1.96. The SMILES string of the molecule is CC(C)[C@H](N)C(=O)O.CN(C)C=O. The molecule has 0 saturated carbocycles. The summed E-state index contributed by atoms with van der Waals surface area (Å²) in [5.41, 5.74) is 5.16. The molecule has 0 saturated heterocycles. The van der Waals surface area contributed by atoms with Crippen LogP contribution >= 0.6 is 0 Å². The summed E-state index contributed by atoms with van der Waals surface area (Å²) in [6, 6.07) is -0.713. The van der Waals surface area contributed by atoms with Crippen LogP contribution in [0.15, 0.2) is 0 Å². The van der Waals surface area contributed by atoms with Gasteiger partial charge in [-0.3, -0.25) is 9.59 Å². The predicted molar refractivity (Wildman–Crippen MR) is 50.2 cm³/mol. The Morgan fingerprint density at radius 1 is 1.46 bits per heavy atom. The first-order valence-corrected chi connectivity index (χ1v) is 3.93. The quantitative estimate of drug-likeness (QED) is 0.601. The van der Waals surface area contributed by atoms with Gasteiger partial charge in [-0.2, -0.15) is 0 Å². The molecule has 3 N–H and O–H groups in total. The maximum atomic E-state index is 10.0. The Balaban J connectivity index is 0. The molecule has 5 heteroatoms. The number of amides is 1. The van der Waals surface area contributed by atoms with Crippen LogP contribution in [0.2, 0.25) is 0 Å². The summed E-state index contributed by atoms with van der Waals surface area (Å²) in [6.07, 6.45) is 0.750. The number of hydrogen-bond donors (Lipinski definition) is 2. The van der Waals surface area contributed by atoms with E-state index in [2.05, 4.69) is 0 Å². The average Bonchev–Trinajstić information content (AvgIpc) is 2.03. The third-order valence-electron chi connectivity index (χ3n) is 1.21. The molecule has 0 spiro atoms. The summed E-state index contributed by atoms with van der Waals surface area (Å²) in [5, 5.41) is 8.23. The minimum atomic E-state index is -0.931. The molecule has 0 aliphatic rings. The van der Waals surface area contributed by atoms with Gasteiger partial charge in [0.25, 0.3) is 0 Å². The second-order valence-electron chi connectivity index (χ2n) is 3.18. The van der Waals surface area contributed by atoms with Gasteiger partial charge >= 0.3 is 5.97 Å². The highest BCUT2D eigenvalue weighted by molar-refractivity contribution is 5.73. The molecule has 0 aliphatic carbocycles. The van der Waals surface area contributed by atoms with Crippen molar-refractivity contribution in [3.63, 3.8) is 0 Å². The van der Waals surface area contributed by atoms with E-state index in [9.17, 15) is 9.59 Å². The van der Waals surface area contributed by atoms with Gasteiger partial charge in [-0.25, -0.2) is 0 Å². The average molecular weight is 190 g/mol. The number of aliphatic carboxylic acids is 1. The van der Waals surface area contributed by atoms with Crippen LogP contribution in [0.1, 0.15) is 13.8 Å². The predicted octanol–water partition coefficient (Wildman–Crippen LogP) is -0.241. The minimum Gasteiger partial charge on any atom is -0.480 e. The molecule has 0 aromatic rings. The largest absolute Gasteiger partial charge is 0.480 e. The van der Waals surface area contributed by atoms with Crippen LogP contribution in [0.4, 0.5) is 0 Å². The van der Waals surface area contributed by atoms with Gasteiger partial charge in [0.15, 0.2) is 0 Å². The van der Waals surface area contributed by atoms with E-state index in [0.29, 0.717) is 0 Å². The van der Waals surface area contributed by atoms with Crippen molar-refractivity contribution in [3.05, 3.63) is 0 Å². The maximum Gasteiger partial charge on any atom is 0.320 e. The number of hydrogen-bond acceptors (Lipinski definition) is 3. The number of nitrogens with two attached hydrogens (primary N) is 1. The Kier molecular flexibility index (Phi) is 8.37. The van der Waals surface area contributed by atoms with Crippen molar-refractivity contribution in [2.75, 3.05) is 14.1 Å². The summed E-state index contributed by atoms with van der Waals surface area (Å²) in [4.78, 5) is 20.9. The molecule has 0 heterocycles. The number of nitrogens with zero attached hydrogens (tertiary/aromatic N) is 1. The molecule has 1 amide bonds.